The zero-order valence-corrected chi connectivity index (χ0v) is 12.9. The second-order valence-electron chi connectivity index (χ2n) is 5.12. The highest BCUT2D eigenvalue weighted by atomic mass is 16.5. The van der Waals surface area contributed by atoms with Gasteiger partial charge in [-0.05, 0) is 13.0 Å². The first kappa shape index (κ1) is 15.6. The molecule has 0 radical (unpaired) electrons. The number of hydrogen-bond donors (Lipinski definition) is 1. The number of rotatable bonds is 3. The number of hydrogen-bond acceptors (Lipinski definition) is 5. The highest BCUT2D eigenvalue weighted by Gasteiger charge is 2.39. The molecule has 1 N–H and O–H groups in total. The van der Waals surface area contributed by atoms with Crippen LogP contribution < -0.4 is 4.57 Å². The summed E-state index contributed by atoms with van der Waals surface area (Å²) in [6, 6.07) is 9.39. The van der Waals surface area contributed by atoms with E-state index in [0.717, 1.165) is 0 Å². The quantitative estimate of drug-likeness (QED) is 0.529. The number of nitrogens with zero attached hydrogens (tertiary/aromatic N) is 1. The van der Waals surface area contributed by atoms with Gasteiger partial charge < -0.3 is 9.84 Å². The fourth-order valence-electron chi connectivity index (χ4n) is 2.54. The average Bonchev–Trinajstić information content (AvgIpc) is 2.60. The van der Waals surface area contributed by atoms with E-state index in [1.54, 1.807) is 25.1 Å². The maximum atomic E-state index is 12.4. The summed E-state index contributed by atoms with van der Waals surface area (Å²) in [5.41, 5.74) is 0.459. The lowest BCUT2D eigenvalue weighted by atomic mass is 9.91. The zero-order chi connectivity index (χ0) is 17.3. The summed E-state index contributed by atoms with van der Waals surface area (Å²) in [5.74, 6) is -2.40. The van der Waals surface area contributed by atoms with Gasteiger partial charge in [-0.15, -0.1) is 0 Å². The molecule has 6 heteroatoms. The minimum Gasteiger partial charge on any atom is -0.502 e. The number of Topliss-reactive ketones (excluding diaryl/α,β-unsaturated/α-hetero) is 2. The smallest absolute Gasteiger partial charge is 0.344 e. The second kappa shape index (κ2) is 6.08. The lowest BCUT2D eigenvalue weighted by Gasteiger charge is -2.13. The van der Waals surface area contributed by atoms with Crippen LogP contribution in [0.2, 0.25) is 0 Å². The molecule has 0 aliphatic heterocycles. The number of esters is 1. The molecule has 6 nitrogen and oxygen atoms in total. The fourth-order valence-corrected chi connectivity index (χ4v) is 2.54. The van der Waals surface area contributed by atoms with E-state index in [1.165, 1.54) is 35.2 Å². The van der Waals surface area contributed by atoms with Crippen molar-refractivity contribution in [1.29, 1.82) is 0 Å². The Bertz CT molecular complexity index is 898. The molecule has 0 fully saturated rings. The van der Waals surface area contributed by atoms with E-state index in [9.17, 15) is 19.5 Å². The van der Waals surface area contributed by atoms with Crippen LogP contribution >= 0.6 is 0 Å². The number of benzene rings is 1. The Balaban J connectivity index is 2.15. The van der Waals surface area contributed by atoms with Gasteiger partial charge in [0.05, 0.1) is 6.61 Å². The Kier molecular flexibility index (Phi) is 3.95. The molecule has 120 valence electrons. The number of allylic oxidation sites excluding steroid dienone is 1. The number of ketones is 2. The van der Waals surface area contributed by atoms with E-state index in [1.807, 2.05) is 0 Å². The molecule has 0 saturated heterocycles. The predicted molar refractivity (Wildman–Crippen MR) is 84.1 cm³/mol. The fraction of sp³-hybridized carbons (Fsp3) is 0.111. The molecule has 2 aromatic rings. The molecule has 1 aromatic heterocycles. The van der Waals surface area contributed by atoms with Crippen molar-refractivity contribution in [2.45, 2.75) is 6.92 Å². The maximum absolute atomic E-state index is 12.4. The van der Waals surface area contributed by atoms with Crippen molar-refractivity contribution in [2.24, 2.45) is 0 Å². The number of aromatic nitrogens is 1. The molecule has 3 rings (SSSR count). The Morgan fingerprint density at radius 2 is 1.79 bits per heavy atom. The van der Waals surface area contributed by atoms with E-state index in [-0.39, 0.29) is 34.8 Å². The first-order valence-electron chi connectivity index (χ1n) is 7.35. The van der Waals surface area contributed by atoms with E-state index in [4.69, 9.17) is 4.74 Å². The molecular weight excluding hydrogens is 310 g/mol. The van der Waals surface area contributed by atoms with Gasteiger partial charge in [0.1, 0.15) is 5.56 Å². The Morgan fingerprint density at radius 1 is 1.08 bits per heavy atom. The molecule has 1 aliphatic carbocycles. The largest absolute Gasteiger partial charge is 0.502 e. The van der Waals surface area contributed by atoms with Gasteiger partial charge in [-0.1, -0.05) is 24.3 Å². The molecular formula is C18H14NO5+. The van der Waals surface area contributed by atoms with E-state index >= 15 is 0 Å². The van der Waals surface area contributed by atoms with E-state index in [0.29, 0.717) is 0 Å². The molecule has 24 heavy (non-hydrogen) atoms. The van der Waals surface area contributed by atoms with Gasteiger partial charge in [-0.3, -0.25) is 9.59 Å². The first-order valence-corrected chi connectivity index (χ1v) is 7.35. The number of carbonyl (C=O) groups excluding carboxylic acids is 3. The summed E-state index contributed by atoms with van der Waals surface area (Å²) < 4.78 is 6.18. The van der Waals surface area contributed by atoms with Crippen LogP contribution in [0.4, 0.5) is 0 Å². The summed E-state index contributed by atoms with van der Waals surface area (Å²) >= 11 is 0. The normalized spacial score (nSPS) is 13.7. The van der Waals surface area contributed by atoms with Crippen molar-refractivity contribution in [3.8, 4) is 0 Å². The first-order chi connectivity index (χ1) is 11.5. The van der Waals surface area contributed by atoms with Crippen molar-refractivity contribution >= 4 is 29.0 Å². The van der Waals surface area contributed by atoms with Crippen LogP contribution in [0.15, 0.2) is 48.8 Å². The lowest BCUT2D eigenvalue weighted by molar-refractivity contribution is -0.577. The number of aliphatic hydroxyl groups is 1. The van der Waals surface area contributed by atoms with Crippen LogP contribution in [0.5, 0.6) is 0 Å². The molecule has 1 heterocycles. The third kappa shape index (κ3) is 2.48. The predicted octanol–water partition coefficient (Wildman–Crippen LogP) is 1.80. The molecule has 0 amide bonds. The van der Waals surface area contributed by atoms with Gasteiger partial charge >= 0.3 is 17.4 Å². The van der Waals surface area contributed by atoms with Gasteiger partial charge in [0.15, 0.2) is 12.4 Å². The van der Waals surface area contributed by atoms with Crippen molar-refractivity contribution < 1.29 is 28.8 Å². The van der Waals surface area contributed by atoms with Crippen LogP contribution in [-0.4, -0.2) is 29.2 Å². The standard InChI is InChI=1S/C18H13NO5/c1-2-24-18(23)11-6-5-9-19(10-11)14-15(20)12-7-3-4-8-13(12)16(21)17(14)22/h3-10H,2H2,1H3/p+1. The topological polar surface area (TPSA) is 84.5 Å². The maximum Gasteiger partial charge on any atom is 0.344 e. The molecule has 0 spiro atoms. The summed E-state index contributed by atoms with van der Waals surface area (Å²) in [6.45, 7) is 1.90. The van der Waals surface area contributed by atoms with E-state index in [2.05, 4.69) is 0 Å². The van der Waals surface area contributed by atoms with Crippen LogP contribution in [0.3, 0.4) is 0 Å². The van der Waals surface area contributed by atoms with Gasteiger partial charge in [-0.25, -0.2) is 4.79 Å². The third-order valence-corrected chi connectivity index (χ3v) is 3.64. The van der Waals surface area contributed by atoms with Crippen molar-refractivity contribution in [3.63, 3.8) is 0 Å². The minimum absolute atomic E-state index is 0.158. The lowest BCUT2D eigenvalue weighted by Crippen LogP contribution is -2.42. The van der Waals surface area contributed by atoms with Crippen LogP contribution in [0.1, 0.15) is 33.2 Å². The van der Waals surface area contributed by atoms with Gasteiger partial charge in [0.25, 0.3) is 0 Å². The summed E-state index contributed by atoms with van der Waals surface area (Å²) in [4.78, 5) is 36.5. The van der Waals surface area contributed by atoms with Crippen LogP contribution in [0, 0.1) is 0 Å². The van der Waals surface area contributed by atoms with Crippen LogP contribution in [0.25, 0.3) is 11.5 Å². The minimum atomic E-state index is -0.836. The summed E-state index contributed by atoms with van der Waals surface area (Å²) in [5, 5.41) is 10.5. The van der Waals surface area contributed by atoms with Gasteiger partial charge in [0.2, 0.25) is 11.5 Å². The molecule has 0 atom stereocenters. The number of pyridine rings is 1. The molecule has 0 bridgehead atoms. The summed E-state index contributed by atoms with van der Waals surface area (Å²) in [7, 11) is 0. The third-order valence-electron chi connectivity index (χ3n) is 3.64. The summed E-state index contributed by atoms with van der Waals surface area (Å²) in [6.07, 6.45) is 2.83. The van der Waals surface area contributed by atoms with Crippen molar-refractivity contribution in [2.75, 3.05) is 6.61 Å². The van der Waals surface area contributed by atoms with Crippen molar-refractivity contribution in [1.82, 2.24) is 0 Å². The molecule has 1 aliphatic rings. The highest BCUT2D eigenvalue weighted by molar-refractivity contribution is 6.59. The zero-order valence-electron chi connectivity index (χ0n) is 12.9. The molecule has 0 saturated carbocycles. The molecule has 1 aromatic carbocycles. The number of ether oxygens (including phenoxy) is 1. The number of carbonyl (C=O) groups is 3. The Hall–Kier alpha value is -3.28. The Labute approximate surface area is 137 Å². The van der Waals surface area contributed by atoms with Gasteiger partial charge in [-0.2, -0.15) is 4.57 Å². The highest BCUT2D eigenvalue weighted by Crippen LogP contribution is 2.27. The van der Waals surface area contributed by atoms with E-state index < -0.39 is 17.5 Å². The Morgan fingerprint density at radius 3 is 2.50 bits per heavy atom. The average molecular weight is 324 g/mol. The monoisotopic (exact) mass is 324 g/mol. The van der Waals surface area contributed by atoms with Crippen molar-refractivity contribution in [3.05, 3.63) is 65.5 Å². The van der Waals surface area contributed by atoms with Gasteiger partial charge in [0, 0.05) is 17.2 Å². The molecule has 0 unspecified atom stereocenters. The second-order valence-corrected chi connectivity index (χ2v) is 5.12. The SMILES string of the molecule is CCOC(=O)c1ccc[n+](C2=C(O)c3ccccc3C(=O)C2=O)c1. The van der Waals surface area contributed by atoms with Crippen LogP contribution in [-0.2, 0) is 9.53 Å². The number of fused-ring (bicyclic) bond motifs is 1. The number of aliphatic hydroxyl groups excluding tert-OH is 1.